The number of ether oxygens (including phenoxy) is 15. The Bertz CT molecular complexity index is 4910. The number of methoxy groups -OCH3 is 3. The Morgan fingerprint density at radius 3 is 1.11 bits per heavy atom. The lowest BCUT2D eigenvalue weighted by Crippen LogP contribution is -2.13. The highest BCUT2D eigenvalue weighted by atomic mass is 17.2. The molecule has 0 saturated heterocycles. The van der Waals surface area contributed by atoms with Gasteiger partial charge in [-0.05, 0) is 220 Å². The lowest BCUT2D eigenvalue weighted by Gasteiger charge is -2.28. The number of rotatable bonds is 50. The van der Waals surface area contributed by atoms with Crippen LogP contribution in [-0.2, 0) is 67.2 Å². The van der Waals surface area contributed by atoms with Crippen LogP contribution in [0.5, 0.6) is 40.2 Å². The molecule has 27 heteroatoms. The zero-order valence-corrected chi connectivity index (χ0v) is 73.6. The largest absolute Gasteiger partial charge is 0.497 e. The van der Waals surface area contributed by atoms with Crippen molar-refractivity contribution in [3.05, 3.63) is 318 Å². The fourth-order valence-corrected chi connectivity index (χ4v) is 12.1. The number of hydrogen-bond donors (Lipinski definition) is 0. The molecule has 0 N–H and O–H groups in total. The molecule has 0 radical (unpaired) electrons. The summed E-state index contributed by atoms with van der Waals surface area (Å²) in [5.41, 5.74) is 7.40. The molecular formula is C101H113NO26. The van der Waals surface area contributed by atoms with Crippen molar-refractivity contribution in [1.82, 2.24) is 0 Å². The van der Waals surface area contributed by atoms with Crippen LogP contribution in [0.4, 0.5) is 0 Å². The molecule has 9 aromatic carbocycles. The summed E-state index contributed by atoms with van der Waals surface area (Å²) in [6.07, 6.45) is 12.6. The van der Waals surface area contributed by atoms with Crippen molar-refractivity contribution in [2.75, 3.05) is 115 Å². The van der Waals surface area contributed by atoms with E-state index in [1.54, 1.807) is 210 Å². The van der Waals surface area contributed by atoms with Gasteiger partial charge in [-0.2, -0.15) is 19.9 Å². The van der Waals surface area contributed by atoms with Crippen LogP contribution in [0.15, 0.2) is 251 Å². The van der Waals surface area contributed by atoms with E-state index in [0.717, 1.165) is 48.3 Å². The lowest BCUT2D eigenvalue weighted by molar-refractivity contribution is -0.315. The van der Waals surface area contributed by atoms with E-state index in [9.17, 15) is 24.0 Å². The van der Waals surface area contributed by atoms with Gasteiger partial charge in [0.2, 0.25) is 20.4 Å². The number of aryl methyl sites for hydroxylation is 1. The zero-order valence-electron chi connectivity index (χ0n) is 73.6. The van der Waals surface area contributed by atoms with Gasteiger partial charge in [-0.1, -0.05) is 113 Å². The van der Waals surface area contributed by atoms with Gasteiger partial charge in [0.05, 0.1) is 74.0 Å². The molecular weight excluding hydrogens is 1640 g/mol. The monoisotopic (exact) mass is 1760 g/mol. The first kappa shape index (κ1) is 102. The molecule has 678 valence electrons. The molecule has 0 spiro atoms. The molecule has 0 unspecified atom stereocenters. The van der Waals surface area contributed by atoms with Gasteiger partial charge in [0, 0.05) is 89.0 Å². The molecule has 0 amide bonds. The van der Waals surface area contributed by atoms with Crippen LogP contribution in [0.3, 0.4) is 0 Å². The van der Waals surface area contributed by atoms with E-state index in [1.165, 1.54) is 70.4 Å². The summed E-state index contributed by atoms with van der Waals surface area (Å²) in [7, 11) is 7.70. The molecule has 1 aliphatic carbocycles. The van der Waals surface area contributed by atoms with Crippen molar-refractivity contribution < 1.29 is 124 Å². The van der Waals surface area contributed by atoms with E-state index in [0.29, 0.717) is 161 Å². The van der Waals surface area contributed by atoms with E-state index < -0.39 is 29.8 Å². The van der Waals surface area contributed by atoms with Gasteiger partial charge in [-0.25, -0.2) is 38.6 Å². The predicted molar refractivity (Wildman–Crippen MR) is 481 cm³/mol. The number of esters is 5. The van der Waals surface area contributed by atoms with Crippen LogP contribution in [-0.4, -0.2) is 145 Å². The lowest BCUT2D eigenvalue weighted by atomic mass is 9.77. The zero-order chi connectivity index (χ0) is 91.9. The second-order valence-corrected chi connectivity index (χ2v) is 28.2. The van der Waals surface area contributed by atoms with Crippen molar-refractivity contribution in [2.45, 2.75) is 84.0 Å². The number of carbonyl (C=O) groups excluding carboxylic acids is 5. The van der Waals surface area contributed by atoms with Crippen LogP contribution < -0.4 is 33.2 Å². The minimum Gasteiger partial charge on any atom is -0.497 e. The normalized spacial score (nSPS) is 12.3. The summed E-state index contributed by atoms with van der Waals surface area (Å²) in [5.74, 6) is 4.18. The molecule has 0 aromatic heterocycles. The highest BCUT2D eigenvalue weighted by Gasteiger charge is 2.23. The number of carbonyl (C=O) groups is 5. The smallest absolute Gasteiger partial charge is 0.343 e. The van der Waals surface area contributed by atoms with Gasteiger partial charge in [0.15, 0.2) is 0 Å². The second kappa shape index (κ2) is 59.0. The average Bonchev–Trinajstić information content (AvgIpc) is 0.844. The van der Waals surface area contributed by atoms with Gasteiger partial charge in [0.1, 0.15) is 69.9 Å². The number of nitriles is 1. The molecule has 128 heavy (non-hydrogen) atoms. The molecule has 1 fully saturated rings. The van der Waals surface area contributed by atoms with Gasteiger partial charge in [-0.3, -0.25) is 0 Å². The topological polar surface area (TPSA) is 303 Å². The van der Waals surface area contributed by atoms with Crippen molar-refractivity contribution in [1.29, 1.82) is 5.26 Å². The summed E-state index contributed by atoms with van der Waals surface area (Å²) >= 11 is 0. The molecule has 0 aliphatic heterocycles. The molecule has 1 aliphatic rings. The summed E-state index contributed by atoms with van der Waals surface area (Å²) in [6, 6.07) is 61.4. The highest BCUT2D eigenvalue weighted by Crippen LogP contribution is 2.38. The van der Waals surface area contributed by atoms with Crippen molar-refractivity contribution >= 4 is 52.9 Å². The van der Waals surface area contributed by atoms with Crippen molar-refractivity contribution in [3.8, 4) is 46.3 Å². The van der Waals surface area contributed by atoms with E-state index in [-0.39, 0.29) is 32.7 Å². The van der Waals surface area contributed by atoms with Crippen LogP contribution in [0, 0.1) is 24.2 Å². The third-order valence-corrected chi connectivity index (χ3v) is 19.0. The maximum atomic E-state index is 12.7. The minimum absolute atomic E-state index is 0.0602. The van der Waals surface area contributed by atoms with E-state index in [2.05, 4.69) is 71.5 Å². The SMILES string of the molecule is C=C(OCCCOCCCOC)c1ccc(C(=O)Oc2ccc(C#N)cc2)cc1.C=C(OCCCOCCCOC)c1ccc(C(=O)Oc2ccc(OC)cc2)cc1.C=C(OCOOC)c1ccc(C(=O)Oc2ccc(C3CCC(CCC)CC3)cc2)cc1.C=CCOOCOc1ccc(OC(=O)c2ccc(OC(=O)c3ccc(C(=C)OCOOC)cc3)cc2C)cc1. The molecule has 27 nitrogen and oxygen atoms in total. The summed E-state index contributed by atoms with van der Waals surface area (Å²) in [5, 5.41) is 8.79. The van der Waals surface area contributed by atoms with Gasteiger partial charge in [-0.15, -0.1) is 6.58 Å². The van der Waals surface area contributed by atoms with E-state index >= 15 is 0 Å². The number of hydrogen-bond acceptors (Lipinski definition) is 27. The van der Waals surface area contributed by atoms with Gasteiger partial charge in [0.25, 0.3) is 0 Å². The summed E-state index contributed by atoms with van der Waals surface area (Å²) in [4.78, 5) is 90.0. The maximum Gasteiger partial charge on any atom is 0.343 e. The number of nitrogens with zero attached hydrogens (tertiary/aromatic N) is 1. The fourth-order valence-electron chi connectivity index (χ4n) is 12.1. The molecule has 0 atom stereocenters. The van der Waals surface area contributed by atoms with E-state index in [4.69, 9.17) is 86.1 Å². The van der Waals surface area contributed by atoms with Crippen LogP contribution in [0.25, 0.3) is 23.0 Å². The van der Waals surface area contributed by atoms with Gasteiger partial charge < -0.3 is 71.1 Å². The van der Waals surface area contributed by atoms with Crippen LogP contribution >= 0.6 is 0 Å². The molecule has 10 rings (SSSR count). The van der Waals surface area contributed by atoms with Crippen molar-refractivity contribution in [2.24, 2.45) is 5.92 Å². The summed E-state index contributed by atoms with van der Waals surface area (Å²) in [6.45, 7) is 28.0. The Morgan fingerprint density at radius 1 is 0.383 bits per heavy atom. The van der Waals surface area contributed by atoms with Gasteiger partial charge >= 0.3 is 29.8 Å². The summed E-state index contributed by atoms with van der Waals surface area (Å²) < 4.78 is 80.2. The third-order valence-electron chi connectivity index (χ3n) is 19.0. The Morgan fingerprint density at radius 2 is 0.734 bits per heavy atom. The Labute approximate surface area is 748 Å². The van der Waals surface area contributed by atoms with Crippen LogP contribution in [0.1, 0.15) is 168 Å². The predicted octanol–water partition coefficient (Wildman–Crippen LogP) is 20.5. The number of benzene rings is 9. The minimum atomic E-state index is -0.564. The second-order valence-electron chi connectivity index (χ2n) is 28.2. The first-order chi connectivity index (χ1) is 62.3. The van der Waals surface area contributed by atoms with E-state index in [1.807, 2.05) is 18.2 Å². The third kappa shape index (κ3) is 37.6. The quantitative estimate of drug-likeness (QED) is 0.00500. The highest BCUT2D eigenvalue weighted by molar-refractivity contribution is 5.95. The molecule has 0 heterocycles. The van der Waals surface area contributed by atoms with Crippen LogP contribution in [0.2, 0.25) is 0 Å². The molecule has 9 aromatic rings. The standard InChI is InChI=1S/C29H28O10.C26H32O5.C23H25NO5.C23H28O6/c1-5-16-35-37-19-34-24-10-12-25(13-11-24)38-29(31)27-15-14-26(17-20(27)2)39-28(30)23-8-6-22(7-9-23)21(3)33-18-36-32-4;1-4-5-20-6-8-22(9-7-20)23-14-16-25(17-15-23)31-26(27)24-12-10-21(11-13-24)19(2)29-18-30-28-3;1-18(28-16-4-15-27-14-3-13-26-2)20-7-9-21(10-8-20)23(25)29-22-11-5-19(17-24)6-12-22;1-18(28-17-5-16-27-15-4-14-25-2)19-6-8-20(9-7-19)23(24)29-22-12-10-21(26-3)11-13-22/h5-15,17H,1,3,16,18-19H2,2,4H3;10-17,20,22H,2,4-9,18H2,1,3H3;5-12H,1,3-4,13-16H2,2H3;6-13H,1,4-5,14-17H2,2-3H3. The fraction of sp³-hybridized carbons (Fsp3) is 0.307. The first-order valence-corrected chi connectivity index (χ1v) is 41.5. The maximum absolute atomic E-state index is 12.7. The Kier molecular flexibility index (Phi) is 47.0. The Balaban J connectivity index is 0.000000236. The van der Waals surface area contributed by atoms with Crippen molar-refractivity contribution in [3.63, 3.8) is 0 Å². The first-order valence-electron chi connectivity index (χ1n) is 41.5. The average molecular weight is 1760 g/mol. The molecule has 0 bridgehead atoms. The Hall–Kier alpha value is -13.1. The molecule has 1 saturated carbocycles.